The van der Waals surface area contributed by atoms with Gasteiger partial charge in [-0.2, -0.15) is 0 Å². The Balaban J connectivity index is 1.72. The number of piperidine rings is 1. The summed E-state index contributed by atoms with van der Waals surface area (Å²) in [4.78, 5) is 12.1. The van der Waals surface area contributed by atoms with E-state index in [0.717, 1.165) is 38.1 Å². The summed E-state index contributed by atoms with van der Waals surface area (Å²) >= 11 is 0. The predicted molar refractivity (Wildman–Crippen MR) is 88.8 cm³/mol. The smallest absolute Gasteiger partial charge is 0.220 e. The quantitative estimate of drug-likeness (QED) is 0.802. The Morgan fingerprint density at radius 1 is 1.33 bits per heavy atom. The van der Waals surface area contributed by atoms with E-state index in [4.69, 9.17) is 4.74 Å². The van der Waals surface area contributed by atoms with Crippen molar-refractivity contribution in [2.45, 2.75) is 39.2 Å². The molecule has 0 radical (unpaired) electrons. The Labute approximate surface area is 142 Å². The van der Waals surface area contributed by atoms with Crippen LogP contribution in [0.1, 0.15) is 33.1 Å². The van der Waals surface area contributed by atoms with E-state index in [0.29, 0.717) is 18.3 Å². The number of hydrogen-bond acceptors (Lipinski definition) is 3. The number of halogens is 2. The molecule has 1 aromatic carbocycles. The fourth-order valence-electron chi connectivity index (χ4n) is 3.05. The first-order chi connectivity index (χ1) is 11.5. The van der Waals surface area contributed by atoms with E-state index in [1.54, 1.807) is 6.92 Å². The minimum Gasteiger partial charge on any atom is -0.488 e. The van der Waals surface area contributed by atoms with Crippen molar-refractivity contribution in [3.05, 3.63) is 29.8 Å². The van der Waals surface area contributed by atoms with Gasteiger partial charge in [-0.15, -0.1) is 0 Å². The largest absolute Gasteiger partial charge is 0.488 e. The zero-order chi connectivity index (χ0) is 17.5. The van der Waals surface area contributed by atoms with Crippen molar-refractivity contribution in [2.24, 2.45) is 11.8 Å². The van der Waals surface area contributed by atoms with E-state index in [9.17, 15) is 13.6 Å². The van der Waals surface area contributed by atoms with E-state index < -0.39 is 11.6 Å². The maximum atomic E-state index is 13.5. The van der Waals surface area contributed by atoms with Crippen molar-refractivity contribution in [1.82, 2.24) is 10.6 Å². The molecule has 2 N–H and O–H groups in total. The first kappa shape index (κ1) is 18.6. The van der Waals surface area contributed by atoms with Gasteiger partial charge in [-0.1, -0.05) is 6.92 Å². The third-order valence-electron chi connectivity index (χ3n) is 4.49. The first-order valence-electron chi connectivity index (χ1n) is 8.53. The van der Waals surface area contributed by atoms with Crippen LogP contribution in [0.3, 0.4) is 0 Å². The minimum absolute atomic E-state index is 0.0134. The van der Waals surface area contributed by atoms with Crippen molar-refractivity contribution in [1.29, 1.82) is 0 Å². The molecule has 0 spiro atoms. The van der Waals surface area contributed by atoms with Crippen LogP contribution in [0.25, 0.3) is 0 Å². The van der Waals surface area contributed by atoms with Gasteiger partial charge >= 0.3 is 0 Å². The normalized spacial score (nSPS) is 18.0. The highest BCUT2D eigenvalue weighted by Gasteiger charge is 2.22. The van der Waals surface area contributed by atoms with E-state index in [1.807, 2.05) is 0 Å². The molecule has 0 saturated carbocycles. The first-order valence-corrected chi connectivity index (χ1v) is 8.53. The van der Waals surface area contributed by atoms with Gasteiger partial charge in [0.1, 0.15) is 12.4 Å². The average molecular weight is 340 g/mol. The van der Waals surface area contributed by atoms with Crippen molar-refractivity contribution >= 4 is 5.91 Å². The molecule has 1 saturated heterocycles. The fourth-order valence-corrected chi connectivity index (χ4v) is 3.05. The maximum absolute atomic E-state index is 13.5. The number of carbonyl (C=O) groups excluding carboxylic acids is 1. The lowest BCUT2D eigenvalue weighted by atomic mass is 9.84. The lowest BCUT2D eigenvalue weighted by molar-refractivity contribution is -0.123. The Morgan fingerprint density at radius 3 is 2.71 bits per heavy atom. The summed E-state index contributed by atoms with van der Waals surface area (Å²) in [5.74, 6) is -0.495. The van der Waals surface area contributed by atoms with E-state index >= 15 is 0 Å². The Hall–Kier alpha value is -1.69. The highest BCUT2D eigenvalue weighted by molar-refractivity contribution is 5.76. The van der Waals surface area contributed by atoms with Gasteiger partial charge in [-0.3, -0.25) is 4.79 Å². The summed E-state index contributed by atoms with van der Waals surface area (Å²) in [7, 11) is 0. The molecule has 1 aliphatic rings. The van der Waals surface area contributed by atoms with Gasteiger partial charge < -0.3 is 15.4 Å². The molecule has 6 heteroatoms. The number of hydrogen-bond donors (Lipinski definition) is 2. The number of amides is 1. The lowest BCUT2D eigenvalue weighted by Gasteiger charge is -2.28. The van der Waals surface area contributed by atoms with Crippen LogP contribution >= 0.6 is 0 Å². The van der Waals surface area contributed by atoms with Crippen LogP contribution in [0, 0.1) is 23.5 Å². The summed E-state index contributed by atoms with van der Waals surface area (Å²) in [6, 6.07) is 2.92. The highest BCUT2D eigenvalue weighted by atomic mass is 19.1. The van der Waals surface area contributed by atoms with Crippen LogP contribution in [-0.2, 0) is 4.79 Å². The zero-order valence-electron chi connectivity index (χ0n) is 14.3. The molecule has 1 fully saturated rings. The topological polar surface area (TPSA) is 50.4 Å². The van der Waals surface area contributed by atoms with Crippen LogP contribution in [0.15, 0.2) is 18.2 Å². The van der Waals surface area contributed by atoms with Crippen LogP contribution in [0.4, 0.5) is 8.78 Å². The SMILES string of the molecule is CC(COc1ccc(F)cc1F)NC(=O)CC(C)C1CCNCC1. The zero-order valence-corrected chi connectivity index (χ0v) is 14.3. The van der Waals surface area contributed by atoms with Gasteiger partial charge in [-0.25, -0.2) is 8.78 Å². The molecule has 2 unspecified atom stereocenters. The second-order valence-corrected chi connectivity index (χ2v) is 6.62. The Morgan fingerprint density at radius 2 is 2.04 bits per heavy atom. The van der Waals surface area contributed by atoms with Crippen molar-refractivity contribution < 1.29 is 18.3 Å². The van der Waals surface area contributed by atoms with Gasteiger partial charge in [0.15, 0.2) is 11.6 Å². The average Bonchev–Trinajstić information content (AvgIpc) is 2.54. The summed E-state index contributed by atoms with van der Waals surface area (Å²) in [5, 5.41) is 6.20. The molecule has 4 nitrogen and oxygen atoms in total. The van der Waals surface area contributed by atoms with E-state index in [-0.39, 0.29) is 24.3 Å². The summed E-state index contributed by atoms with van der Waals surface area (Å²) in [6.45, 7) is 6.09. The molecule has 134 valence electrons. The van der Waals surface area contributed by atoms with Crippen LogP contribution in [-0.4, -0.2) is 31.6 Å². The molecule has 1 heterocycles. The molecule has 0 aliphatic carbocycles. The number of carbonyl (C=O) groups is 1. The molecule has 2 atom stereocenters. The summed E-state index contributed by atoms with van der Waals surface area (Å²) < 4.78 is 31.6. The summed E-state index contributed by atoms with van der Waals surface area (Å²) in [6.07, 6.45) is 2.70. The van der Waals surface area contributed by atoms with E-state index in [1.165, 1.54) is 6.07 Å². The van der Waals surface area contributed by atoms with E-state index in [2.05, 4.69) is 17.6 Å². The molecule has 2 rings (SSSR count). The van der Waals surface area contributed by atoms with Gasteiger partial charge in [0.05, 0.1) is 6.04 Å². The second-order valence-electron chi connectivity index (χ2n) is 6.62. The summed E-state index contributed by atoms with van der Waals surface area (Å²) in [5.41, 5.74) is 0. The lowest BCUT2D eigenvalue weighted by Crippen LogP contribution is -2.39. The third-order valence-corrected chi connectivity index (χ3v) is 4.49. The standard InChI is InChI=1S/C18H26F2N2O2/c1-12(14-5-7-21-8-6-14)9-18(23)22-13(2)11-24-17-4-3-15(19)10-16(17)20/h3-4,10,12-14,21H,5-9,11H2,1-2H3,(H,22,23). The third kappa shape index (κ3) is 5.74. The van der Waals surface area contributed by atoms with Crippen LogP contribution in [0.5, 0.6) is 5.75 Å². The van der Waals surface area contributed by atoms with Gasteiger partial charge in [0, 0.05) is 12.5 Å². The number of rotatable bonds is 7. The molecule has 1 amide bonds. The van der Waals surface area contributed by atoms with Gasteiger partial charge in [0.25, 0.3) is 0 Å². The molecule has 1 aliphatic heterocycles. The molecule has 1 aromatic rings. The number of nitrogens with one attached hydrogen (secondary N) is 2. The van der Waals surface area contributed by atoms with Crippen molar-refractivity contribution in [2.75, 3.05) is 19.7 Å². The van der Waals surface area contributed by atoms with Gasteiger partial charge in [0.2, 0.25) is 5.91 Å². The molecule has 0 aromatic heterocycles. The minimum atomic E-state index is -0.743. The monoisotopic (exact) mass is 340 g/mol. The van der Waals surface area contributed by atoms with Crippen LogP contribution < -0.4 is 15.4 Å². The van der Waals surface area contributed by atoms with Crippen LogP contribution in [0.2, 0.25) is 0 Å². The highest BCUT2D eigenvalue weighted by Crippen LogP contribution is 2.24. The molecule has 0 bridgehead atoms. The number of benzene rings is 1. The Kier molecular flexibility index (Phi) is 6.97. The Bertz CT molecular complexity index is 548. The molecular formula is C18H26F2N2O2. The molecular weight excluding hydrogens is 314 g/mol. The number of ether oxygens (including phenoxy) is 1. The predicted octanol–water partition coefficient (Wildman–Crippen LogP) is 2.87. The molecule has 24 heavy (non-hydrogen) atoms. The fraction of sp³-hybridized carbons (Fsp3) is 0.611. The van der Waals surface area contributed by atoms with Gasteiger partial charge in [-0.05, 0) is 56.8 Å². The van der Waals surface area contributed by atoms with Crippen molar-refractivity contribution in [3.8, 4) is 5.75 Å². The maximum Gasteiger partial charge on any atom is 0.220 e. The second kappa shape index (κ2) is 8.97. The van der Waals surface area contributed by atoms with Crippen molar-refractivity contribution in [3.63, 3.8) is 0 Å².